The van der Waals surface area contributed by atoms with Crippen LogP contribution in [0.3, 0.4) is 0 Å². The van der Waals surface area contributed by atoms with Crippen LogP contribution in [0.1, 0.15) is 19.7 Å². The molecule has 3 rings (SSSR count). The second kappa shape index (κ2) is 5.33. The number of carboxylic acids is 1. The summed E-state index contributed by atoms with van der Waals surface area (Å²) in [6.07, 6.45) is 0.465. The van der Waals surface area contributed by atoms with Gasteiger partial charge in [0.15, 0.2) is 0 Å². The highest BCUT2D eigenvalue weighted by atomic mass is 19.1. The van der Waals surface area contributed by atoms with Gasteiger partial charge in [-0.1, -0.05) is 13.8 Å². The van der Waals surface area contributed by atoms with E-state index in [9.17, 15) is 14.0 Å². The summed E-state index contributed by atoms with van der Waals surface area (Å²) in [5.41, 5.74) is 0.773. The summed E-state index contributed by atoms with van der Waals surface area (Å²) in [5.74, 6) is -1.99. The van der Waals surface area contributed by atoms with E-state index in [4.69, 9.17) is 5.11 Å². The number of benzene rings is 1. The van der Waals surface area contributed by atoms with Gasteiger partial charge in [0.2, 0.25) is 5.91 Å². The molecule has 2 aromatic rings. The molecule has 1 aliphatic rings. The molecular weight excluding hydrogens is 301 g/mol. The van der Waals surface area contributed by atoms with E-state index in [1.807, 2.05) is 0 Å². The summed E-state index contributed by atoms with van der Waals surface area (Å²) < 4.78 is 13.1. The lowest BCUT2D eigenvalue weighted by molar-refractivity contribution is -0.140. The minimum atomic E-state index is -0.936. The van der Waals surface area contributed by atoms with Crippen molar-refractivity contribution in [2.24, 2.45) is 17.3 Å². The first-order chi connectivity index (χ1) is 10.8. The van der Waals surface area contributed by atoms with Gasteiger partial charge in [0, 0.05) is 13.0 Å². The Morgan fingerprint density at radius 3 is 2.78 bits per heavy atom. The number of nitrogens with one attached hydrogen (secondary N) is 2. The Bertz CT molecular complexity index is 784. The van der Waals surface area contributed by atoms with Gasteiger partial charge in [-0.2, -0.15) is 0 Å². The average molecular weight is 319 g/mol. The Morgan fingerprint density at radius 2 is 2.13 bits per heavy atom. The number of hydrogen-bond donors (Lipinski definition) is 3. The number of aliphatic carboxylic acids is 1. The standard InChI is InChI=1S/C16H18FN3O3/c1-16(2)12(13(16)15(22)23)14(21)18-6-5-11-19-9-4-3-8(17)7-10(9)20-11/h3-4,7,12-13H,5-6H2,1-2H3,(H,18,21)(H,19,20)(H,22,23)/t12-,13+/m1/s1. The van der Waals surface area contributed by atoms with Gasteiger partial charge in [-0.05, 0) is 23.6 Å². The van der Waals surface area contributed by atoms with Crippen molar-refractivity contribution in [2.45, 2.75) is 20.3 Å². The number of carbonyl (C=O) groups is 2. The first kappa shape index (κ1) is 15.5. The van der Waals surface area contributed by atoms with Gasteiger partial charge in [-0.3, -0.25) is 9.59 Å². The van der Waals surface area contributed by atoms with E-state index in [0.29, 0.717) is 29.8 Å². The quantitative estimate of drug-likeness (QED) is 0.782. The third-order valence-corrected chi connectivity index (χ3v) is 4.53. The highest BCUT2D eigenvalue weighted by Gasteiger charge is 2.65. The van der Waals surface area contributed by atoms with E-state index in [2.05, 4.69) is 15.3 Å². The Labute approximate surface area is 132 Å². The third kappa shape index (κ3) is 2.78. The van der Waals surface area contributed by atoms with E-state index < -0.39 is 23.2 Å². The molecule has 1 aliphatic carbocycles. The number of amides is 1. The molecule has 3 N–H and O–H groups in total. The summed E-state index contributed by atoms with van der Waals surface area (Å²) in [6, 6.07) is 4.30. The number of imidazole rings is 1. The van der Waals surface area contributed by atoms with Crippen LogP contribution in [-0.2, 0) is 16.0 Å². The fourth-order valence-corrected chi connectivity index (χ4v) is 3.16. The second-order valence-corrected chi connectivity index (χ2v) is 6.50. The van der Waals surface area contributed by atoms with E-state index in [-0.39, 0.29) is 11.7 Å². The Balaban J connectivity index is 1.57. The third-order valence-electron chi connectivity index (χ3n) is 4.53. The number of nitrogens with zero attached hydrogens (tertiary/aromatic N) is 1. The number of halogens is 1. The van der Waals surface area contributed by atoms with Crippen molar-refractivity contribution in [1.29, 1.82) is 0 Å². The Hall–Kier alpha value is -2.44. The maximum Gasteiger partial charge on any atom is 0.307 e. The molecule has 0 saturated heterocycles. The van der Waals surface area contributed by atoms with Gasteiger partial charge < -0.3 is 15.4 Å². The fourth-order valence-electron chi connectivity index (χ4n) is 3.16. The summed E-state index contributed by atoms with van der Waals surface area (Å²) in [5, 5.41) is 11.8. The summed E-state index contributed by atoms with van der Waals surface area (Å²) in [4.78, 5) is 30.5. The molecule has 1 aromatic heterocycles. The van der Waals surface area contributed by atoms with Gasteiger partial charge >= 0.3 is 5.97 Å². The molecule has 1 aromatic carbocycles. The maximum absolute atomic E-state index is 13.1. The van der Waals surface area contributed by atoms with Crippen LogP contribution in [0, 0.1) is 23.1 Å². The van der Waals surface area contributed by atoms with Gasteiger partial charge in [0.25, 0.3) is 0 Å². The molecule has 6 nitrogen and oxygen atoms in total. The van der Waals surface area contributed by atoms with E-state index in [1.54, 1.807) is 19.9 Å². The van der Waals surface area contributed by atoms with Gasteiger partial charge in [0.05, 0.1) is 22.9 Å². The van der Waals surface area contributed by atoms with E-state index in [0.717, 1.165) is 0 Å². The first-order valence-corrected chi connectivity index (χ1v) is 7.45. The number of carboxylic acid groups (broad SMARTS) is 1. The molecule has 1 amide bonds. The minimum Gasteiger partial charge on any atom is -0.481 e. The van der Waals surface area contributed by atoms with Gasteiger partial charge in [-0.25, -0.2) is 9.37 Å². The monoisotopic (exact) mass is 319 g/mol. The predicted molar refractivity (Wildman–Crippen MR) is 81.2 cm³/mol. The highest BCUT2D eigenvalue weighted by Crippen LogP contribution is 2.58. The average Bonchev–Trinajstić information content (AvgIpc) is 2.84. The fraction of sp³-hybridized carbons (Fsp3) is 0.438. The van der Waals surface area contributed by atoms with Crippen molar-refractivity contribution < 1.29 is 19.1 Å². The van der Waals surface area contributed by atoms with Crippen LogP contribution in [-0.4, -0.2) is 33.5 Å². The molecule has 1 fully saturated rings. The predicted octanol–water partition coefficient (Wildman–Crippen LogP) is 1.72. The van der Waals surface area contributed by atoms with Gasteiger partial charge in [0.1, 0.15) is 11.6 Å². The molecule has 2 atom stereocenters. The van der Waals surface area contributed by atoms with Crippen molar-refractivity contribution in [3.63, 3.8) is 0 Å². The normalized spacial score (nSPS) is 22.0. The Morgan fingerprint density at radius 1 is 1.39 bits per heavy atom. The van der Waals surface area contributed by atoms with Crippen molar-refractivity contribution in [2.75, 3.05) is 6.54 Å². The van der Waals surface area contributed by atoms with Crippen LogP contribution in [0.5, 0.6) is 0 Å². The first-order valence-electron chi connectivity index (χ1n) is 7.45. The lowest BCUT2D eigenvalue weighted by Crippen LogP contribution is -2.29. The van der Waals surface area contributed by atoms with Crippen LogP contribution in [0.15, 0.2) is 18.2 Å². The molecule has 0 aliphatic heterocycles. The zero-order valence-electron chi connectivity index (χ0n) is 12.9. The second-order valence-electron chi connectivity index (χ2n) is 6.50. The highest BCUT2D eigenvalue weighted by molar-refractivity contribution is 5.91. The van der Waals surface area contributed by atoms with Crippen LogP contribution in [0.25, 0.3) is 11.0 Å². The smallest absolute Gasteiger partial charge is 0.307 e. The molecule has 0 bridgehead atoms. The van der Waals surface area contributed by atoms with Gasteiger partial charge in [-0.15, -0.1) is 0 Å². The minimum absolute atomic E-state index is 0.246. The van der Waals surface area contributed by atoms with Crippen molar-refractivity contribution in [3.05, 3.63) is 29.8 Å². The largest absolute Gasteiger partial charge is 0.481 e. The lowest BCUT2D eigenvalue weighted by Gasteiger charge is -2.04. The molecular formula is C16H18FN3O3. The summed E-state index contributed by atoms with van der Waals surface area (Å²) in [6.45, 7) is 3.91. The molecule has 122 valence electrons. The number of aromatic amines is 1. The zero-order valence-corrected chi connectivity index (χ0v) is 12.9. The molecule has 0 unspecified atom stereocenters. The van der Waals surface area contributed by atoms with E-state index in [1.165, 1.54) is 12.1 Å². The van der Waals surface area contributed by atoms with Crippen molar-refractivity contribution in [1.82, 2.24) is 15.3 Å². The number of fused-ring (bicyclic) bond motifs is 1. The molecule has 1 saturated carbocycles. The van der Waals surface area contributed by atoms with Crippen LogP contribution in [0.2, 0.25) is 0 Å². The zero-order chi connectivity index (χ0) is 16.8. The molecule has 1 heterocycles. The van der Waals surface area contributed by atoms with Crippen LogP contribution >= 0.6 is 0 Å². The number of carbonyl (C=O) groups excluding carboxylic acids is 1. The molecule has 0 radical (unpaired) electrons. The summed E-state index contributed by atoms with van der Waals surface area (Å²) >= 11 is 0. The SMILES string of the molecule is CC1(C)[C@H](C(=O)O)[C@@H]1C(=O)NCCc1nc2ccc(F)cc2[nH]1. The topological polar surface area (TPSA) is 95.1 Å². The molecule has 0 spiro atoms. The van der Waals surface area contributed by atoms with Crippen LogP contribution < -0.4 is 5.32 Å². The maximum atomic E-state index is 13.1. The van der Waals surface area contributed by atoms with Crippen molar-refractivity contribution >= 4 is 22.9 Å². The number of aromatic nitrogens is 2. The van der Waals surface area contributed by atoms with Crippen molar-refractivity contribution in [3.8, 4) is 0 Å². The number of H-pyrrole nitrogens is 1. The number of rotatable bonds is 5. The number of hydrogen-bond acceptors (Lipinski definition) is 3. The molecule has 7 heteroatoms. The van der Waals surface area contributed by atoms with Crippen LogP contribution in [0.4, 0.5) is 4.39 Å². The summed E-state index contributed by atoms with van der Waals surface area (Å²) in [7, 11) is 0. The lowest BCUT2D eigenvalue weighted by atomic mass is 10.1. The van der Waals surface area contributed by atoms with E-state index >= 15 is 0 Å². The Kier molecular flexibility index (Phi) is 3.58. The molecule has 23 heavy (non-hydrogen) atoms.